The average Bonchev–Trinajstić information content (AvgIpc) is 3.19. The molecule has 3 aliphatic heterocycles. The van der Waals surface area contributed by atoms with Gasteiger partial charge < -0.3 is 10.0 Å². The Morgan fingerprint density at radius 3 is 2.55 bits per heavy atom. The highest BCUT2D eigenvalue weighted by Crippen LogP contribution is 2.36. The number of nitrogens with zero attached hydrogens (tertiary/aromatic N) is 2. The number of fused-ring (bicyclic) bond motifs is 4. The van der Waals surface area contributed by atoms with Crippen molar-refractivity contribution in [2.75, 3.05) is 19.6 Å². The molecule has 2 N–H and O–H groups in total. The molecule has 1 aromatic carbocycles. The zero-order valence-electron chi connectivity index (χ0n) is 17.0. The van der Waals surface area contributed by atoms with Crippen molar-refractivity contribution in [3.05, 3.63) is 29.5 Å². The third-order valence-electron chi connectivity index (χ3n) is 7.17. The van der Waals surface area contributed by atoms with Crippen LogP contribution >= 0.6 is 0 Å². The third kappa shape index (κ3) is 4.37. The molecular weight excluding hydrogens is 366 g/mol. The second-order valence-electron chi connectivity index (χ2n) is 8.84. The minimum absolute atomic E-state index is 0.223. The number of rotatable bonds is 4. The molecule has 1 aromatic heterocycles. The molecule has 29 heavy (non-hydrogen) atoms. The van der Waals surface area contributed by atoms with E-state index in [0.717, 1.165) is 23.4 Å². The molecule has 0 spiro atoms. The summed E-state index contributed by atoms with van der Waals surface area (Å²) in [7, 11) is 0. The van der Waals surface area contributed by atoms with Crippen LogP contribution in [0.15, 0.2) is 18.2 Å². The van der Waals surface area contributed by atoms with E-state index in [1.807, 2.05) is 0 Å². The van der Waals surface area contributed by atoms with Crippen LogP contribution in [0, 0.1) is 11.8 Å². The molecule has 156 valence electrons. The lowest BCUT2D eigenvalue weighted by molar-refractivity contribution is -0.122. The van der Waals surface area contributed by atoms with E-state index < -0.39 is 0 Å². The number of carbonyl (C=O) groups excluding carboxylic acids is 1. The van der Waals surface area contributed by atoms with Gasteiger partial charge in [0, 0.05) is 18.4 Å². The van der Waals surface area contributed by atoms with E-state index in [9.17, 15) is 4.79 Å². The largest absolute Gasteiger partial charge is 0.483 e. The monoisotopic (exact) mass is 397 g/mol. The number of H-pyrrole nitrogens is 1. The molecule has 0 amide bonds. The molecular formula is C23H31N3O3. The SMILES string of the molecule is O=C(C[C@H]1CN2CCC1CC2)c1n[nH]c2cc(C3CCCCC3)ccc12.O=CO. The van der Waals surface area contributed by atoms with Crippen LogP contribution in [-0.2, 0) is 4.79 Å². The average molecular weight is 398 g/mol. The van der Waals surface area contributed by atoms with E-state index in [0.29, 0.717) is 24.0 Å². The van der Waals surface area contributed by atoms with Gasteiger partial charge in [0.05, 0.1) is 5.52 Å². The highest BCUT2D eigenvalue weighted by atomic mass is 16.3. The van der Waals surface area contributed by atoms with E-state index >= 15 is 0 Å². The Bertz CT molecular complexity index is 848. The van der Waals surface area contributed by atoms with E-state index in [2.05, 4.69) is 33.3 Å². The number of aromatic amines is 1. The number of ketones is 1. The molecule has 2 aromatic rings. The van der Waals surface area contributed by atoms with Crippen molar-refractivity contribution in [1.82, 2.24) is 15.1 Å². The van der Waals surface area contributed by atoms with Crippen molar-refractivity contribution in [2.24, 2.45) is 11.8 Å². The first-order valence-corrected chi connectivity index (χ1v) is 11.0. The summed E-state index contributed by atoms with van der Waals surface area (Å²) in [4.78, 5) is 23.8. The third-order valence-corrected chi connectivity index (χ3v) is 7.17. The van der Waals surface area contributed by atoms with Crippen LogP contribution in [-0.4, -0.2) is 52.1 Å². The van der Waals surface area contributed by atoms with Gasteiger partial charge in [-0.25, -0.2) is 0 Å². The van der Waals surface area contributed by atoms with Gasteiger partial charge >= 0.3 is 0 Å². The lowest BCUT2D eigenvalue weighted by atomic mass is 9.76. The van der Waals surface area contributed by atoms with Gasteiger partial charge in [0.15, 0.2) is 5.78 Å². The topological polar surface area (TPSA) is 86.3 Å². The molecule has 4 aliphatic rings. The van der Waals surface area contributed by atoms with Crippen LogP contribution in [0.5, 0.6) is 0 Å². The van der Waals surface area contributed by atoms with Gasteiger partial charge in [-0.2, -0.15) is 5.10 Å². The number of aromatic nitrogens is 2. The Kier molecular flexibility index (Phi) is 6.28. The van der Waals surface area contributed by atoms with Crippen molar-refractivity contribution in [2.45, 2.75) is 57.3 Å². The second kappa shape index (κ2) is 9.08. The fourth-order valence-electron chi connectivity index (χ4n) is 5.59. The van der Waals surface area contributed by atoms with Crippen LogP contribution in [0.1, 0.15) is 73.3 Å². The van der Waals surface area contributed by atoms with E-state index in [4.69, 9.17) is 9.90 Å². The van der Waals surface area contributed by atoms with Crippen LogP contribution in [0.2, 0.25) is 0 Å². The van der Waals surface area contributed by atoms with Gasteiger partial charge in [0.2, 0.25) is 0 Å². The van der Waals surface area contributed by atoms with E-state index in [1.165, 1.54) is 63.6 Å². The van der Waals surface area contributed by atoms with Crippen molar-refractivity contribution in [3.63, 3.8) is 0 Å². The quantitative estimate of drug-likeness (QED) is 0.596. The van der Waals surface area contributed by atoms with Crippen LogP contribution in [0.25, 0.3) is 10.9 Å². The van der Waals surface area contributed by atoms with Crippen LogP contribution < -0.4 is 0 Å². The lowest BCUT2D eigenvalue weighted by Crippen LogP contribution is -2.47. The van der Waals surface area contributed by atoms with Crippen molar-refractivity contribution in [1.29, 1.82) is 0 Å². The Morgan fingerprint density at radius 1 is 1.17 bits per heavy atom. The predicted molar refractivity (Wildman–Crippen MR) is 112 cm³/mol. The number of nitrogens with one attached hydrogen (secondary N) is 1. The summed E-state index contributed by atoms with van der Waals surface area (Å²) in [6.45, 7) is 3.31. The summed E-state index contributed by atoms with van der Waals surface area (Å²) in [5.41, 5.74) is 3.11. The molecule has 1 aliphatic carbocycles. The first-order chi connectivity index (χ1) is 14.2. The summed E-state index contributed by atoms with van der Waals surface area (Å²) in [6.07, 6.45) is 9.85. The van der Waals surface area contributed by atoms with Crippen molar-refractivity contribution >= 4 is 23.2 Å². The molecule has 1 saturated carbocycles. The maximum absolute atomic E-state index is 12.9. The molecule has 6 heteroatoms. The highest BCUT2D eigenvalue weighted by Gasteiger charge is 2.35. The molecule has 3 saturated heterocycles. The zero-order valence-corrected chi connectivity index (χ0v) is 17.0. The Hall–Kier alpha value is -2.21. The molecule has 6 nitrogen and oxygen atoms in total. The number of carbonyl (C=O) groups is 2. The van der Waals surface area contributed by atoms with Gasteiger partial charge in [-0.1, -0.05) is 31.4 Å². The van der Waals surface area contributed by atoms with Crippen LogP contribution in [0.4, 0.5) is 0 Å². The zero-order chi connectivity index (χ0) is 20.2. The first-order valence-electron chi connectivity index (χ1n) is 11.0. The molecule has 4 heterocycles. The number of hydrogen-bond donors (Lipinski definition) is 2. The van der Waals surface area contributed by atoms with Gasteiger partial charge in [0.1, 0.15) is 5.69 Å². The fraction of sp³-hybridized carbons (Fsp3) is 0.609. The molecule has 2 bridgehead atoms. The highest BCUT2D eigenvalue weighted by molar-refractivity contribution is 6.06. The van der Waals surface area contributed by atoms with Crippen molar-refractivity contribution in [3.8, 4) is 0 Å². The van der Waals surface area contributed by atoms with E-state index in [-0.39, 0.29) is 12.3 Å². The first kappa shape index (κ1) is 20.1. The number of Topliss-reactive ketones (excluding diaryl/α,β-unsaturated/α-hetero) is 1. The number of hydrogen-bond acceptors (Lipinski definition) is 4. The smallest absolute Gasteiger partial charge is 0.290 e. The Balaban J connectivity index is 0.000000645. The minimum atomic E-state index is -0.250. The Morgan fingerprint density at radius 2 is 1.90 bits per heavy atom. The normalized spacial score (nSPS) is 26.7. The molecule has 1 atom stereocenters. The van der Waals surface area contributed by atoms with Gasteiger partial charge in [-0.3, -0.25) is 14.7 Å². The maximum atomic E-state index is 12.9. The molecule has 6 rings (SSSR count). The second-order valence-corrected chi connectivity index (χ2v) is 8.84. The fourth-order valence-corrected chi connectivity index (χ4v) is 5.59. The summed E-state index contributed by atoms with van der Waals surface area (Å²) in [6, 6.07) is 6.61. The summed E-state index contributed by atoms with van der Waals surface area (Å²) in [5, 5.41) is 15.5. The molecule has 0 radical (unpaired) electrons. The molecule has 0 unspecified atom stereocenters. The number of carboxylic acid groups (broad SMARTS) is 1. The predicted octanol–water partition coefficient (Wildman–Crippen LogP) is 4.23. The lowest BCUT2D eigenvalue weighted by Gasteiger charge is -2.44. The number of benzene rings is 1. The maximum Gasteiger partial charge on any atom is 0.290 e. The standard InChI is InChI=1S/C22H29N3O.CH2O2/c26-21(13-18-14-25-10-8-16(18)9-11-25)22-19-7-6-17(12-20(19)23-24-22)15-4-2-1-3-5-15;2-1-3/h6-7,12,15-16,18H,1-5,8-11,13-14H2,(H,23,24);1H,(H,2,3)/t18-;/m0./s1. The van der Waals surface area contributed by atoms with Crippen LogP contribution in [0.3, 0.4) is 0 Å². The van der Waals surface area contributed by atoms with Gasteiger partial charge in [-0.05, 0) is 68.2 Å². The van der Waals surface area contributed by atoms with Gasteiger partial charge in [-0.15, -0.1) is 0 Å². The Labute approximate surface area is 171 Å². The summed E-state index contributed by atoms with van der Waals surface area (Å²) >= 11 is 0. The minimum Gasteiger partial charge on any atom is -0.483 e. The van der Waals surface area contributed by atoms with E-state index in [1.54, 1.807) is 0 Å². The summed E-state index contributed by atoms with van der Waals surface area (Å²) in [5.74, 6) is 2.17. The van der Waals surface area contributed by atoms with Gasteiger partial charge in [0.25, 0.3) is 6.47 Å². The summed E-state index contributed by atoms with van der Waals surface area (Å²) < 4.78 is 0. The van der Waals surface area contributed by atoms with Crippen molar-refractivity contribution < 1.29 is 14.7 Å². The molecule has 4 fully saturated rings. The number of piperidine rings is 3.